The van der Waals surface area contributed by atoms with Crippen molar-refractivity contribution in [2.24, 2.45) is 0 Å². The molecule has 4 aromatic rings. The molecule has 0 fully saturated rings. The highest BCUT2D eigenvalue weighted by molar-refractivity contribution is 7.22. The lowest BCUT2D eigenvalue weighted by Gasteiger charge is -2.21. The van der Waals surface area contributed by atoms with Crippen molar-refractivity contribution >= 4 is 43.6 Å². The summed E-state index contributed by atoms with van der Waals surface area (Å²) in [6, 6.07) is 10.1. The van der Waals surface area contributed by atoms with Crippen LogP contribution in [0.3, 0.4) is 0 Å². The Hall–Kier alpha value is -2.97. The highest BCUT2D eigenvalue weighted by Crippen LogP contribution is 2.31. The Bertz CT molecular complexity index is 1180. The predicted octanol–water partition coefficient (Wildman–Crippen LogP) is 3.98. The molecule has 0 N–H and O–H groups in total. The van der Waals surface area contributed by atoms with Gasteiger partial charge in [0.25, 0.3) is 5.91 Å². The molecule has 0 saturated heterocycles. The Labute approximate surface area is 171 Å². The van der Waals surface area contributed by atoms with Gasteiger partial charge in [0.05, 0.1) is 15.7 Å². The molecule has 0 bridgehead atoms. The molecule has 4 rings (SSSR count). The number of hydrogen-bond donors (Lipinski definition) is 0. The van der Waals surface area contributed by atoms with Gasteiger partial charge in [0.15, 0.2) is 5.13 Å². The summed E-state index contributed by atoms with van der Waals surface area (Å²) >= 11 is 1.32. The van der Waals surface area contributed by atoms with Gasteiger partial charge in [-0.15, -0.1) is 0 Å². The van der Waals surface area contributed by atoms with Crippen LogP contribution in [-0.4, -0.2) is 52.9 Å². The maximum Gasteiger partial charge on any atom is 0.260 e. The van der Waals surface area contributed by atoms with Crippen molar-refractivity contribution in [2.45, 2.75) is 6.42 Å². The molecular formula is C21H20FN5OS. The molecule has 0 aliphatic carbocycles. The smallest absolute Gasteiger partial charge is 0.260 e. The van der Waals surface area contributed by atoms with Crippen LogP contribution in [0.15, 0.2) is 48.8 Å². The Balaban J connectivity index is 1.71. The Morgan fingerprint density at radius 3 is 2.62 bits per heavy atom. The van der Waals surface area contributed by atoms with E-state index >= 15 is 0 Å². The second kappa shape index (κ2) is 8.18. The van der Waals surface area contributed by atoms with Gasteiger partial charge in [0.2, 0.25) is 0 Å². The van der Waals surface area contributed by atoms with Gasteiger partial charge in [0, 0.05) is 24.5 Å². The molecule has 0 saturated carbocycles. The number of thiazole rings is 1. The molecule has 29 heavy (non-hydrogen) atoms. The standard InChI is InChI=1S/C21H20FN5OS/c1-26(2)11-4-12-27(21-25-19-15(22)5-3-6-18(19)29-21)20(28)14-7-8-16-17(13-14)24-10-9-23-16/h3,5-10,13H,4,11-12H2,1-2H3. The average Bonchev–Trinajstić information content (AvgIpc) is 3.15. The number of halogens is 1. The third-order valence-electron chi connectivity index (χ3n) is 4.54. The number of rotatable bonds is 6. The molecule has 0 unspecified atom stereocenters. The minimum Gasteiger partial charge on any atom is -0.309 e. The van der Waals surface area contributed by atoms with Crippen LogP contribution in [0.1, 0.15) is 16.8 Å². The zero-order valence-corrected chi connectivity index (χ0v) is 17.0. The number of aromatic nitrogens is 3. The maximum absolute atomic E-state index is 14.1. The van der Waals surface area contributed by atoms with E-state index in [1.807, 2.05) is 20.2 Å². The van der Waals surface area contributed by atoms with Gasteiger partial charge < -0.3 is 4.90 Å². The Kier molecular flexibility index (Phi) is 5.46. The van der Waals surface area contributed by atoms with Crippen LogP contribution in [0.2, 0.25) is 0 Å². The number of carbonyl (C=O) groups excluding carboxylic acids is 1. The van der Waals surface area contributed by atoms with Crippen LogP contribution >= 0.6 is 11.3 Å². The van der Waals surface area contributed by atoms with E-state index in [2.05, 4.69) is 19.9 Å². The van der Waals surface area contributed by atoms with Gasteiger partial charge in [-0.3, -0.25) is 19.7 Å². The first-order valence-electron chi connectivity index (χ1n) is 9.25. The van der Waals surface area contributed by atoms with Crippen molar-refractivity contribution in [1.82, 2.24) is 19.9 Å². The Morgan fingerprint density at radius 1 is 1.07 bits per heavy atom. The van der Waals surface area contributed by atoms with Crippen molar-refractivity contribution in [3.8, 4) is 0 Å². The number of benzene rings is 2. The molecule has 0 aliphatic rings. The van der Waals surface area contributed by atoms with Gasteiger partial charge in [-0.25, -0.2) is 9.37 Å². The molecule has 0 atom stereocenters. The van der Waals surface area contributed by atoms with E-state index in [1.54, 1.807) is 41.6 Å². The van der Waals surface area contributed by atoms with Crippen molar-refractivity contribution in [1.29, 1.82) is 0 Å². The largest absolute Gasteiger partial charge is 0.309 e. The first-order valence-corrected chi connectivity index (χ1v) is 10.1. The zero-order valence-electron chi connectivity index (χ0n) is 16.2. The monoisotopic (exact) mass is 409 g/mol. The number of nitrogens with zero attached hydrogens (tertiary/aromatic N) is 5. The molecule has 0 aliphatic heterocycles. The average molecular weight is 409 g/mol. The number of anilines is 1. The third-order valence-corrected chi connectivity index (χ3v) is 5.58. The van der Waals surface area contributed by atoms with E-state index in [0.717, 1.165) is 23.2 Å². The summed E-state index contributed by atoms with van der Waals surface area (Å²) < 4.78 is 14.9. The quantitative estimate of drug-likeness (QED) is 0.482. The van der Waals surface area contributed by atoms with Crippen molar-refractivity contribution in [2.75, 3.05) is 32.1 Å². The first-order chi connectivity index (χ1) is 14.0. The van der Waals surface area contributed by atoms with Crippen LogP contribution in [0, 0.1) is 5.82 Å². The first kappa shape index (κ1) is 19.4. The van der Waals surface area contributed by atoms with Gasteiger partial charge in [0.1, 0.15) is 11.3 Å². The summed E-state index contributed by atoms with van der Waals surface area (Å²) in [5.74, 6) is -0.567. The fourth-order valence-electron chi connectivity index (χ4n) is 3.10. The molecular weight excluding hydrogens is 389 g/mol. The number of para-hydroxylation sites is 1. The van der Waals surface area contributed by atoms with Crippen molar-refractivity contribution < 1.29 is 9.18 Å². The molecule has 0 radical (unpaired) electrons. The minimum atomic E-state index is -0.383. The lowest BCUT2D eigenvalue weighted by Crippen LogP contribution is -2.33. The van der Waals surface area contributed by atoms with E-state index in [-0.39, 0.29) is 11.7 Å². The number of carbonyl (C=O) groups is 1. The SMILES string of the molecule is CN(C)CCCN(C(=O)c1ccc2nccnc2c1)c1nc2c(F)cccc2s1. The molecule has 0 spiro atoms. The summed E-state index contributed by atoms with van der Waals surface area (Å²) in [4.78, 5) is 30.0. The fourth-order valence-corrected chi connectivity index (χ4v) is 4.10. The van der Waals surface area contributed by atoms with Crippen LogP contribution < -0.4 is 4.90 Å². The fraction of sp³-hybridized carbons (Fsp3) is 0.238. The van der Waals surface area contributed by atoms with E-state index in [0.29, 0.717) is 28.3 Å². The molecule has 148 valence electrons. The molecule has 2 aromatic heterocycles. The second-order valence-electron chi connectivity index (χ2n) is 6.96. The van der Waals surface area contributed by atoms with Crippen molar-refractivity contribution in [3.63, 3.8) is 0 Å². The zero-order chi connectivity index (χ0) is 20.4. The van der Waals surface area contributed by atoms with Gasteiger partial charge in [-0.05, 0) is 57.4 Å². The van der Waals surface area contributed by atoms with Crippen LogP contribution in [0.4, 0.5) is 9.52 Å². The topological polar surface area (TPSA) is 62.2 Å². The van der Waals surface area contributed by atoms with E-state index < -0.39 is 0 Å². The number of amides is 1. The third kappa shape index (κ3) is 4.08. The van der Waals surface area contributed by atoms with Gasteiger partial charge in [-0.2, -0.15) is 0 Å². The van der Waals surface area contributed by atoms with Gasteiger partial charge in [-0.1, -0.05) is 17.4 Å². The molecule has 1 amide bonds. The van der Waals surface area contributed by atoms with Crippen LogP contribution in [-0.2, 0) is 0 Å². The van der Waals surface area contributed by atoms with Crippen molar-refractivity contribution in [3.05, 3.63) is 60.2 Å². The predicted molar refractivity (Wildman–Crippen MR) is 114 cm³/mol. The van der Waals surface area contributed by atoms with E-state index in [4.69, 9.17) is 0 Å². The highest BCUT2D eigenvalue weighted by atomic mass is 32.1. The highest BCUT2D eigenvalue weighted by Gasteiger charge is 2.22. The van der Waals surface area contributed by atoms with Gasteiger partial charge >= 0.3 is 0 Å². The minimum absolute atomic E-state index is 0.184. The number of hydrogen-bond acceptors (Lipinski definition) is 6. The van der Waals surface area contributed by atoms with Crippen LogP contribution in [0.25, 0.3) is 21.3 Å². The second-order valence-corrected chi connectivity index (χ2v) is 7.97. The lowest BCUT2D eigenvalue weighted by molar-refractivity contribution is 0.0986. The summed E-state index contributed by atoms with van der Waals surface area (Å²) in [6.07, 6.45) is 3.99. The lowest BCUT2D eigenvalue weighted by atomic mass is 10.1. The van der Waals surface area contributed by atoms with E-state index in [1.165, 1.54) is 17.4 Å². The number of fused-ring (bicyclic) bond motifs is 2. The maximum atomic E-state index is 14.1. The molecule has 8 heteroatoms. The summed E-state index contributed by atoms with van der Waals surface area (Å²) in [7, 11) is 3.97. The molecule has 2 heterocycles. The Morgan fingerprint density at radius 2 is 1.86 bits per heavy atom. The summed E-state index contributed by atoms with van der Waals surface area (Å²) in [5.41, 5.74) is 2.18. The van der Waals surface area contributed by atoms with E-state index in [9.17, 15) is 9.18 Å². The normalized spacial score (nSPS) is 11.4. The summed E-state index contributed by atoms with van der Waals surface area (Å²) in [6.45, 7) is 1.31. The summed E-state index contributed by atoms with van der Waals surface area (Å²) in [5, 5.41) is 0.494. The van der Waals surface area contributed by atoms with Crippen LogP contribution in [0.5, 0.6) is 0 Å². The molecule has 6 nitrogen and oxygen atoms in total. The molecule has 2 aromatic carbocycles.